The fraction of sp³-hybridized carbons (Fsp3) is 0.400. The molecular formula is C20H26N2O2S. The van der Waals surface area contributed by atoms with Gasteiger partial charge in [-0.25, -0.2) is 8.42 Å². The molecule has 1 fully saturated rings. The van der Waals surface area contributed by atoms with Gasteiger partial charge in [-0.2, -0.15) is 4.31 Å². The minimum atomic E-state index is -3.44. The number of sulfonamides is 1. The molecule has 0 radical (unpaired) electrons. The minimum absolute atomic E-state index is 0.0290. The van der Waals surface area contributed by atoms with E-state index >= 15 is 0 Å². The van der Waals surface area contributed by atoms with E-state index in [0.29, 0.717) is 17.5 Å². The van der Waals surface area contributed by atoms with Crippen LogP contribution in [0.3, 0.4) is 0 Å². The van der Waals surface area contributed by atoms with Crippen molar-refractivity contribution in [3.8, 4) is 0 Å². The van der Waals surface area contributed by atoms with Crippen LogP contribution in [0.15, 0.2) is 65.6 Å². The maximum absolute atomic E-state index is 13.0. The van der Waals surface area contributed by atoms with E-state index < -0.39 is 10.0 Å². The van der Waals surface area contributed by atoms with E-state index in [9.17, 15) is 8.42 Å². The lowest BCUT2D eigenvalue weighted by Gasteiger charge is -2.29. The van der Waals surface area contributed by atoms with Crippen molar-refractivity contribution in [3.63, 3.8) is 0 Å². The van der Waals surface area contributed by atoms with E-state index in [1.165, 1.54) is 5.56 Å². The summed E-state index contributed by atoms with van der Waals surface area (Å²) in [5.41, 5.74) is 1.28. The van der Waals surface area contributed by atoms with Crippen molar-refractivity contribution in [2.45, 2.75) is 37.2 Å². The fourth-order valence-corrected chi connectivity index (χ4v) is 5.33. The first kappa shape index (κ1) is 18.1. The van der Waals surface area contributed by atoms with E-state index in [4.69, 9.17) is 0 Å². The van der Waals surface area contributed by atoms with Crippen LogP contribution in [-0.2, 0) is 10.0 Å². The molecule has 1 aliphatic heterocycles. The van der Waals surface area contributed by atoms with Crippen LogP contribution in [0.5, 0.6) is 0 Å². The lowest BCUT2D eigenvalue weighted by Crippen LogP contribution is -2.42. The number of hydrogen-bond acceptors (Lipinski definition) is 3. The highest BCUT2D eigenvalue weighted by Crippen LogP contribution is 2.29. The Bertz CT molecular complexity index is 778. The summed E-state index contributed by atoms with van der Waals surface area (Å²) in [5, 5.41) is 0. The van der Waals surface area contributed by atoms with Gasteiger partial charge >= 0.3 is 0 Å². The molecule has 25 heavy (non-hydrogen) atoms. The van der Waals surface area contributed by atoms with E-state index in [1.54, 1.807) is 28.6 Å². The lowest BCUT2D eigenvalue weighted by atomic mass is 10.1. The predicted octanol–water partition coefficient (Wildman–Crippen LogP) is 3.53. The second kappa shape index (κ2) is 7.68. The zero-order valence-corrected chi connectivity index (χ0v) is 15.7. The average Bonchev–Trinajstić information content (AvgIpc) is 3.12. The Kier molecular flexibility index (Phi) is 5.57. The Hall–Kier alpha value is -1.69. The molecule has 0 aliphatic carbocycles. The maximum atomic E-state index is 13.0. The molecule has 0 spiro atoms. The van der Waals surface area contributed by atoms with Gasteiger partial charge in [0.2, 0.25) is 10.0 Å². The topological polar surface area (TPSA) is 40.6 Å². The number of nitrogens with zero attached hydrogens (tertiary/aromatic N) is 2. The van der Waals surface area contributed by atoms with Crippen molar-refractivity contribution < 1.29 is 8.42 Å². The highest BCUT2D eigenvalue weighted by molar-refractivity contribution is 7.89. The zero-order chi connectivity index (χ0) is 17.9. The molecule has 0 amide bonds. The van der Waals surface area contributed by atoms with Crippen LogP contribution in [0.1, 0.15) is 31.9 Å². The number of hydrogen-bond donors (Lipinski definition) is 0. The van der Waals surface area contributed by atoms with Crippen LogP contribution in [0.4, 0.5) is 0 Å². The van der Waals surface area contributed by atoms with Gasteiger partial charge in [-0.05, 0) is 31.0 Å². The minimum Gasteiger partial charge on any atom is -0.295 e. The normalized spacial score (nSPS) is 20.0. The Morgan fingerprint density at radius 2 is 1.68 bits per heavy atom. The highest BCUT2D eigenvalue weighted by Gasteiger charge is 2.36. The molecule has 134 valence electrons. The largest absolute Gasteiger partial charge is 0.295 e. The SMILES string of the molecule is CCN(C1CCN(C(C)c2ccccc2)C1)S(=O)(=O)c1ccccc1. The smallest absolute Gasteiger partial charge is 0.243 e. The third kappa shape index (κ3) is 3.78. The summed E-state index contributed by atoms with van der Waals surface area (Å²) in [4.78, 5) is 2.76. The summed E-state index contributed by atoms with van der Waals surface area (Å²) in [6.07, 6.45) is 0.872. The average molecular weight is 359 g/mol. The maximum Gasteiger partial charge on any atom is 0.243 e. The van der Waals surface area contributed by atoms with Crippen molar-refractivity contribution >= 4 is 10.0 Å². The number of rotatable bonds is 6. The molecule has 1 saturated heterocycles. The molecule has 3 rings (SSSR count). The summed E-state index contributed by atoms with van der Waals surface area (Å²) >= 11 is 0. The van der Waals surface area contributed by atoms with Crippen molar-refractivity contribution in [1.29, 1.82) is 0 Å². The van der Waals surface area contributed by atoms with Crippen LogP contribution < -0.4 is 0 Å². The van der Waals surface area contributed by atoms with Crippen LogP contribution in [-0.4, -0.2) is 43.3 Å². The first-order chi connectivity index (χ1) is 12.0. The van der Waals surface area contributed by atoms with Gasteiger partial charge in [0.1, 0.15) is 0 Å². The van der Waals surface area contributed by atoms with Crippen molar-refractivity contribution in [2.24, 2.45) is 0 Å². The molecule has 2 aromatic rings. The standard InChI is InChI=1S/C20H26N2O2S/c1-3-22(25(23,24)20-12-8-5-9-13-20)19-14-15-21(16-19)17(2)18-10-6-4-7-11-18/h4-13,17,19H,3,14-16H2,1-2H3. The number of benzene rings is 2. The van der Waals surface area contributed by atoms with Gasteiger partial charge in [-0.15, -0.1) is 0 Å². The fourth-order valence-electron chi connectivity index (χ4n) is 3.65. The molecule has 1 heterocycles. The Labute approximate surface area is 151 Å². The molecule has 0 saturated carbocycles. The zero-order valence-electron chi connectivity index (χ0n) is 14.9. The third-order valence-corrected chi connectivity index (χ3v) is 7.13. The van der Waals surface area contributed by atoms with E-state index in [2.05, 4.69) is 36.1 Å². The van der Waals surface area contributed by atoms with Crippen LogP contribution >= 0.6 is 0 Å². The molecule has 0 N–H and O–H groups in total. The first-order valence-corrected chi connectivity index (χ1v) is 10.3. The van der Waals surface area contributed by atoms with Crippen molar-refractivity contribution in [3.05, 3.63) is 66.2 Å². The molecule has 0 aromatic heterocycles. The molecular weight excluding hydrogens is 332 g/mol. The summed E-state index contributed by atoms with van der Waals surface area (Å²) in [7, 11) is -3.44. The van der Waals surface area contributed by atoms with E-state index in [-0.39, 0.29) is 6.04 Å². The highest BCUT2D eigenvalue weighted by atomic mass is 32.2. The number of likely N-dealkylation sites (tertiary alicyclic amines) is 1. The second-order valence-corrected chi connectivity index (χ2v) is 8.44. The summed E-state index contributed by atoms with van der Waals surface area (Å²) in [6.45, 7) is 6.30. The second-order valence-electron chi connectivity index (χ2n) is 6.55. The van der Waals surface area contributed by atoms with Crippen LogP contribution in [0, 0.1) is 0 Å². The molecule has 2 unspecified atom stereocenters. The van der Waals surface area contributed by atoms with E-state index in [1.807, 2.05) is 19.1 Å². The molecule has 2 aromatic carbocycles. The van der Waals surface area contributed by atoms with Gasteiger partial charge in [-0.1, -0.05) is 55.5 Å². The third-order valence-electron chi connectivity index (χ3n) is 5.09. The summed E-state index contributed by atoms with van der Waals surface area (Å²) in [5.74, 6) is 0. The van der Waals surface area contributed by atoms with Crippen molar-refractivity contribution in [1.82, 2.24) is 9.21 Å². The summed E-state index contributed by atoms with van der Waals surface area (Å²) in [6, 6.07) is 19.5. The van der Waals surface area contributed by atoms with Gasteiger partial charge in [0.25, 0.3) is 0 Å². The molecule has 2 atom stereocenters. The van der Waals surface area contributed by atoms with Gasteiger partial charge in [-0.3, -0.25) is 4.90 Å². The van der Waals surface area contributed by atoms with Crippen molar-refractivity contribution in [2.75, 3.05) is 19.6 Å². The molecule has 1 aliphatic rings. The first-order valence-electron chi connectivity index (χ1n) is 8.90. The summed E-state index contributed by atoms with van der Waals surface area (Å²) < 4.78 is 27.7. The monoisotopic (exact) mass is 358 g/mol. The molecule has 4 nitrogen and oxygen atoms in total. The molecule has 0 bridgehead atoms. The van der Waals surface area contributed by atoms with Gasteiger partial charge < -0.3 is 0 Å². The Morgan fingerprint density at radius 1 is 1.08 bits per heavy atom. The number of likely N-dealkylation sites (N-methyl/N-ethyl adjacent to an activating group) is 1. The van der Waals surface area contributed by atoms with Gasteiger partial charge in [0.05, 0.1) is 4.90 Å². The predicted molar refractivity (Wildman–Crippen MR) is 101 cm³/mol. The molecule has 5 heteroatoms. The van der Waals surface area contributed by atoms with Gasteiger partial charge in [0.15, 0.2) is 0 Å². The van der Waals surface area contributed by atoms with E-state index in [0.717, 1.165) is 19.5 Å². The Morgan fingerprint density at radius 3 is 2.28 bits per heavy atom. The lowest BCUT2D eigenvalue weighted by molar-refractivity contribution is 0.239. The quantitative estimate of drug-likeness (QED) is 0.793. The van der Waals surface area contributed by atoms with Crippen LogP contribution in [0.25, 0.3) is 0 Å². The Balaban J connectivity index is 1.76. The van der Waals surface area contributed by atoms with Crippen LogP contribution in [0.2, 0.25) is 0 Å². The van der Waals surface area contributed by atoms with Gasteiger partial charge in [0, 0.05) is 31.7 Å².